The van der Waals surface area contributed by atoms with E-state index in [1.165, 1.54) is 32.4 Å². The van der Waals surface area contributed by atoms with Gasteiger partial charge in [-0.1, -0.05) is 20.8 Å². The molecule has 0 aromatic rings. The summed E-state index contributed by atoms with van der Waals surface area (Å²) in [6, 6.07) is 0. The summed E-state index contributed by atoms with van der Waals surface area (Å²) < 4.78 is 0. The lowest BCUT2D eigenvalue weighted by Gasteiger charge is -2.40. The van der Waals surface area contributed by atoms with Crippen molar-refractivity contribution in [2.75, 3.05) is 13.1 Å². The summed E-state index contributed by atoms with van der Waals surface area (Å²) in [6.07, 6.45) is 5.93. The van der Waals surface area contributed by atoms with Gasteiger partial charge in [-0.2, -0.15) is 0 Å². The van der Waals surface area contributed by atoms with Crippen molar-refractivity contribution < 1.29 is 0 Å². The maximum absolute atomic E-state index is 2.83. The molecule has 1 aliphatic carbocycles. The third-order valence-corrected chi connectivity index (χ3v) is 4.57. The van der Waals surface area contributed by atoms with E-state index in [1.807, 2.05) is 0 Å². The fraction of sp³-hybridized carbons (Fsp3) is 1.00. The average Bonchev–Trinajstić information content (AvgIpc) is 2.58. The van der Waals surface area contributed by atoms with Crippen LogP contribution in [0, 0.1) is 17.3 Å². The van der Waals surface area contributed by atoms with Gasteiger partial charge in [0.15, 0.2) is 0 Å². The lowest BCUT2D eigenvalue weighted by molar-refractivity contribution is 0.101. The van der Waals surface area contributed by atoms with Crippen LogP contribution in [0.25, 0.3) is 0 Å². The highest BCUT2D eigenvalue weighted by molar-refractivity contribution is 5.17. The molecule has 0 aromatic heterocycles. The molecule has 3 fully saturated rings. The highest BCUT2D eigenvalue weighted by Gasteiger charge is 2.63. The summed E-state index contributed by atoms with van der Waals surface area (Å²) in [5.41, 5.74) is 1.17. The Morgan fingerprint density at radius 1 is 1.36 bits per heavy atom. The molecule has 14 heavy (non-hydrogen) atoms. The highest BCUT2D eigenvalue weighted by atomic mass is 15.3. The number of fused-ring (bicyclic) bond motifs is 3. The maximum atomic E-state index is 2.83. The van der Waals surface area contributed by atoms with E-state index in [2.05, 4.69) is 25.7 Å². The Labute approximate surface area is 87.9 Å². The van der Waals surface area contributed by atoms with Gasteiger partial charge in [0.1, 0.15) is 0 Å². The predicted octanol–water partition coefficient (Wildman–Crippen LogP) is 2.91. The van der Waals surface area contributed by atoms with Gasteiger partial charge in [0.2, 0.25) is 0 Å². The van der Waals surface area contributed by atoms with Crippen molar-refractivity contribution in [3.63, 3.8) is 0 Å². The minimum Gasteiger partial charge on any atom is -0.297 e. The molecule has 3 aliphatic rings. The van der Waals surface area contributed by atoms with Crippen LogP contribution in [-0.2, 0) is 0 Å². The van der Waals surface area contributed by atoms with Gasteiger partial charge in [-0.15, -0.1) is 0 Å². The van der Waals surface area contributed by atoms with E-state index in [1.54, 1.807) is 6.42 Å². The van der Waals surface area contributed by atoms with Crippen LogP contribution >= 0.6 is 0 Å². The van der Waals surface area contributed by atoms with Gasteiger partial charge in [-0.25, -0.2) is 0 Å². The van der Waals surface area contributed by atoms with Crippen molar-refractivity contribution in [3.05, 3.63) is 0 Å². The summed E-state index contributed by atoms with van der Waals surface area (Å²) in [5.74, 6) is 2.18. The maximum Gasteiger partial charge on any atom is 0.0246 e. The molecule has 0 bridgehead atoms. The Hall–Kier alpha value is -0.0400. The van der Waals surface area contributed by atoms with Gasteiger partial charge >= 0.3 is 0 Å². The number of hydrogen-bond acceptors (Lipinski definition) is 1. The zero-order valence-corrected chi connectivity index (χ0v) is 9.84. The zero-order chi connectivity index (χ0) is 9.97. The molecule has 2 saturated heterocycles. The number of hydrogen-bond donors (Lipinski definition) is 0. The van der Waals surface area contributed by atoms with Gasteiger partial charge in [-0.05, 0) is 49.5 Å². The molecule has 0 aromatic carbocycles. The molecule has 0 amide bonds. The first-order chi connectivity index (χ1) is 6.51. The summed E-state index contributed by atoms with van der Waals surface area (Å²) in [7, 11) is 0. The first kappa shape index (κ1) is 9.21. The molecule has 1 nitrogen and oxygen atoms in total. The topological polar surface area (TPSA) is 3.24 Å². The molecule has 0 radical (unpaired) electrons. The second-order valence-electron chi connectivity index (χ2n) is 6.99. The SMILES string of the molecule is CC(C)(C)C[C@]12CCCN1C[C@@H]1C[C@@H]12. The zero-order valence-electron chi connectivity index (χ0n) is 9.84. The molecular weight excluding hydrogens is 170 g/mol. The molecule has 0 N–H and O–H groups in total. The lowest BCUT2D eigenvalue weighted by Crippen LogP contribution is -2.44. The van der Waals surface area contributed by atoms with Crippen LogP contribution in [0.1, 0.15) is 46.5 Å². The Kier molecular flexibility index (Phi) is 1.68. The van der Waals surface area contributed by atoms with Crippen LogP contribution in [-0.4, -0.2) is 23.5 Å². The minimum absolute atomic E-state index is 0.514. The van der Waals surface area contributed by atoms with Crippen LogP contribution in [0.2, 0.25) is 0 Å². The molecule has 80 valence electrons. The van der Waals surface area contributed by atoms with E-state index in [9.17, 15) is 0 Å². The summed E-state index contributed by atoms with van der Waals surface area (Å²) in [4.78, 5) is 2.83. The van der Waals surface area contributed by atoms with E-state index in [4.69, 9.17) is 0 Å². The van der Waals surface area contributed by atoms with Gasteiger partial charge in [0, 0.05) is 12.1 Å². The molecule has 2 heterocycles. The fourth-order valence-electron chi connectivity index (χ4n) is 4.29. The smallest absolute Gasteiger partial charge is 0.0246 e. The summed E-state index contributed by atoms with van der Waals surface area (Å²) in [6.45, 7) is 10.1. The second-order valence-corrected chi connectivity index (χ2v) is 6.99. The van der Waals surface area contributed by atoms with Crippen LogP contribution in [0.5, 0.6) is 0 Å². The minimum atomic E-state index is 0.514. The molecule has 0 unspecified atom stereocenters. The Balaban J connectivity index is 1.85. The van der Waals surface area contributed by atoms with E-state index < -0.39 is 0 Å². The summed E-state index contributed by atoms with van der Waals surface area (Å²) >= 11 is 0. The number of rotatable bonds is 1. The van der Waals surface area contributed by atoms with Crippen molar-refractivity contribution >= 4 is 0 Å². The van der Waals surface area contributed by atoms with Crippen molar-refractivity contribution in [1.29, 1.82) is 0 Å². The van der Waals surface area contributed by atoms with E-state index in [0.29, 0.717) is 11.0 Å². The highest BCUT2D eigenvalue weighted by Crippen LogP contribution is 2.62. The Morgan fingerprint density at radius 3 is 2.86 bits per heavy atom. The first-order valence-corrected chi connectivity index (χ1v) is 6.26. The van der Waals surface area contributed by atoms with Crippen LogP contribution in [0.15, 0.2) is 0 Å². The predicted molar refractivity (Wildman–Crippen MR) is 59.2 cm³/mol. The van der Waals surface area contributed by atoms with E-state index in [-0.39, 0.29) is 0 Å². The number of nitrogens with zero attached hydrogens (tertiary/aromatic N) is 1. The largest absolute Gasteiger partial charge is 0.297 e. The van der Waals surface area contributed by atoms with Gasteiger partial charge in [0.25, 0.3) is 0 Å². The fourth-order valence-corrected chi connectivity index (χ4v) is 4.29. The molecular formula is C13H23N. The van der Waals surface area contributed by atoms with Crippen molar-refractivity contribution in [2.45, 2.75) is 52.0 Å². The quantitative estimate of drug-likeness (QED) is 0.619. The van der Waals surface area contributed by atoms with Gasteiger partial charge < -0.3 is 0 Å². The molecule has 2 aliphatic heterocycles. The summed E-state index contributed by atoms with van der Waals surface area (Å²) in [5, 5.41) is 0. The lowest BCUT2D eigenvalue weighted by atomic mass is 9.76. The van der Waals surface area contributed by atoms with Crippen LogP contribution in [0.4, 0.5) is 0 Å². The Morgan fingerprint density at radius 2 is 2.14 bits per heavy atom. The third kappa shape index (κ3) is 1.18. The van der Waals surface area contributed by atoms with Gasteiger partial charge in [-0.3, -0.25) is 4.90 Å². The molecule has 1 heteroatoms. The average molecular weight is 193 g/mol. The molecule has 3 atom stereocenters. The van der Waals surface area contributed by atoms with Gasteiger partial charge in [0.05, 0.1) is 0 Å². The van der Waals surface area contributed by atoms with Crippen LogP contribution in [0.3, 0.4) is 0 Å². The third-order valence-electron chi connectivity index (χ3n) is 4.57. The monoisotopic (exact) mass is 193 g/mol. The van der Waals surface area contributed by atoms with Crippen molar-refractivity contribution in [1.82, 2.24) is 4.90 Å². The normalized spacial score (nSPS) is 46.5. The molecule has 1 saturated carbocycles. The number of piperidine rings is 1. The first-order valence-electron chi connectivity index (χ1n) is 6.26. The molecule has 3 rings (SSSR count). The Bertz CT molecular complexity index is 252. The second kappa shape index (κ2) is 2.55. The van der Waals surface area contributed by atoms with Crippen molar-refractivity contribution in [3.8, 4) is 0 Å². The molecule has 0 spiro atoms. The van der Waals surface area contributed by atoms with E-state index in [0.717, 1.165) is 11.8 Å². The standard InChI is InChI=1S/C13H23N/c1-12(2,3)9-13-5-4-6-14(13)8-10-7-11(10)13/h10-11H,4-9H2,1-3H3/t10-,11-,13-/m0/s1. The van der Waals surface area contributed by atoms with E-state index >= 15 is 0 Å². The van der Waals surface area contributed by atoms with Crippen LogP contribution < -0.4 is 0 Å². The van der Waals surface area contributed by atoms with Crippen molar-refractivity contribution in [2.24, 2.45) is 17.3 Å².